The van der Waals surface area contributed by atoms with Crippen LogP contribution in [0.25, 0.3) is 0 Å². The normalized spacial score (nSPS) is 14.3. The molecule has 3 aromatic rings. The van der Waals surface area contributed by atoms with Crippen LogP contribution in [0.5, 0.6) is 5.75 Å². The van der Waals surface area contributed by atoms with Gasteiger partial charge in [0, 0.05) is 37.6 Å². The van der Waals surface area contributed by atoms with Crippen LogP contribution in [0.2, 0.25) is 5.02 Å². The van der Waals surface area contributed by atoms with E-state index in [0.717, 1.165) is 17.8 Å². The Hall–Kier alpha value is -3.44. The van der Waals surface area contributed by atoms with Gasteiger partial charge < -0.3 is 24.3 Å². The molecule has 0 aliphatic carbocycles. The maximum absolute atomic E-state index is 13.2. The summed E-state index contributed by atoms with van der Waals surface area (Å²) in [5, 5.41) is 5.70. The number of nitrogens with one attached hydrogen (secondary N) is 1. The van der Waals surface area contributed by atoms with Crippen LogP contribution in [0.4, 0.5) is 5.82 Å². The van der Waals surface area contributed by atoms with Gasteiger partial charge in [-0.2, -0.15) is 0 Å². The standard InChI is InChI=1S/C26H30ClN5O5S/c1-5-36-24(34)21-29-20(14-31(21)4)30-22(33)18-15-38-23(28-18)16-10-12-32(13-11-16)25(35)26(2,3)37-19-9-7-6-8-17(19)27/h6-9,14-16H,5,10-13H2,1-4H3,(H,30,33). The van der Waals surface area contributed by atoms with Crippen molar-refractivity contribution in [3.8, 4) is 5.75 Å². The average Bonchev–Trinajstić information content (AvgIpc) is 3.52. The van der Waals surface area contributed by atoms with Crippen molar-refractivity contribution in [2.75, 3.05) is 25.0 Å². The van der Waals surface area contributed by atoms with Crippen LogP contribution in [-0.4, -0.2) is 62.5 Å². The summed E-state index contributed by atoms with van der Waals surface area (Å²) in [4.78, 5) is 48.4. The molecule has 1 saturated heterocycles. The second-order valence-corrected chi connectivity index (χ2v) is 10.7. The van der Waals surface area contributed by atoms with E-state index >= 15 is 0 Å². The molecule has 0 saturated carbocycles. The summed E-state index contributed by atoms with van der Waals surface area (Å²) in [5.41, 5.74) is -0.788. The summed E-state index contributed by atoms with van der Waals surface area (Å²) < 4.78 is 12.4. The number of benzene rings is 1. The molecule has 10 nitrogen and oxygen atoms in total. The van der Waals surface area contributed by atoms with Crippen LogP contribution in [0.1, 0.15) is 65.6 Å². The first kappa shape index (κ1) is 27.6. The fourth-order valence-corrected chi connectivity index (χ4v) is 5.37. The number of para-hydroxylation sites is 1. The van der Waals surface area contributed by atoms with Gasteiger partial charge in [-0.1, -0.05) is 23.7 Å². The number of aromatic nitrogens is 3. The number of amides is 2. The molecule has 1 aliphatic rings. The third-order valence-electron chi connectivity index (χ3n) is 6.18. The number of hydrogen-bond donors (Lipinski definition) is 1. The lowest BCUT2D eigenvalue weighted by Crippen LogP contribution is -2.51. The SMILES string of the molecule is CCOC(=O)c1nc(NC(=O)c2csc(C3CCN(C(=O)C(C)(C)Oc4ccccc4Cl)CC3)n2)cn1C. The monoisotopic (exact) mass is 559 g/mol. The summed E-state index contributed by atoms with van der Waals surface area (Å²) in [6.45, 7) is 6.55. The molecule has 38 heavy (non-hydrogen) atoms. The lowest BCUT2D eigenvalue weighted by Gasteiger charge is -2.36. The number of likely N-dealkylation sites (tertiary alicyclic amines) is 1. The minimum atomic E-state index is -1.07. The predicted octanol–water partition coefficient (Wildman–Crippen LogP) is 4.52. The van der Waals surface area contributed by atoms with Gasteiger partial charge in [-0.3, -0.25) is 9.59 Å². The van der Waals surface area contributed by atoms with Gasteiger partial charge in [-0.25, -0.2) is 14.8 Å². The fourth-order valence-electron chi connectivity index (χ4n) is 4.23. The highest BCUT2D eigenvalue weighted by Crippen LogP contribution is 2.33. The van der Waals surface area contributed by atoms with Crippen LogP contribution in [0.3, 0.4) is 0 Å². The van der Waals surface area contributed by atoms with Crippen LogP contribution in [0.15, 0.2) is 35.8 Å². The van der Waals surface area contributed by atoms with E-state index in [0.29, 0.717) is 23.9 Å². The first-order valence-electron chi connectivity index (χ1n) is 12.3. The van der Waals surface area contributed by atoms with Gasteiger partial charge >= 0.3 is 5.97 Å². The molecular weight excluding hydrogens is 530 g/mol. The van der Waals surface area contributed by atoms with Crippen molar-refractivity contribution in [2.24, 2.45) is 7.05 Å². The van der Waals surface area contributed by atoms with Crippen molar-refractivity contribution < 1.29 is 23.9 Å². The highest BCUT2D eigenvalue weighted by Gasteiger charge is 2.37. The zero-order chi connectivity index (χ0) is 27.4. The van der Waals surface area contributed by atoms with E-state index in [1.165, 1.54) is 15.9 Å². The molecule has 2 amide bonds. The minimum Gasteiger partial charge on any atom is -0.476 e. The van der Waals surface area contributed by atoms with Crippen LogP contribution in [0, 0.1) is 0 Å². The maximum Gasteiger partial charge on any atom is 0.374 e. The molecule has 0 spiro atoms. The largest absolute Gasteiger partial charge is 0.476 e. The van der Waals surface area contributed by atoms with Crippen molar-refractivity contribution >= 4 is 46.5 Å². The number of halogens is 1. The van der Waals surface area contributed by atoms with Gasteiger partial charge in [-0.05, 0) is 45.7 Å². The highest BCUT2D eigenvalue weighted by atomic mass is 35.5. The Labute approximate surface area is 229 Å². The first-order chi connectivity index (χ1) is 18.1. The smallest absolute Gasteiger partial charge is 0.374 e. The Morgan fingerprint density at radius 2 is 1.89 bits per heavy atom. The molecule has 1 fully saturated rings. The third kappa shape index (κ3) is 6.16. The number of anilines is 1. The second kappa shape index (κ2) is 11.5. The second-order valence-electron chi connectivity index (χ2n) is 9.42. The molecule has 0 unspecified atom stereocenters. The molecule has 3 heterocycles. The number of piperidine rings is 1. The molecule has 1 aromatic carbocycles. The van der Waals surface area contributed by atoms with E-state index in [1.807, 2.05) is 12.1 Å². The van der Waals surface area contributed by atoms with Crippen LogP contribution < -0.4 is 10.1 Å². The predicted molar refractivity (Wildman–Crippen MR) is 144 cm³/mol. The number of nitrogens with zero attached hydrogens (tertiary/aromatic N) is 4. The van der Waals surface area contributed by atoms with Crippen LogP contribution in [-0.2, 0) is 16.6 Å². The van der Waals surface area contributed by atoms with Crippen molar-refractivity contribution in [1.82, 2.24) is 19.4 Å². The number of imidazole rings is 1. The Morgan fingerprint density at radius 1 is 1.18 bits per heavy atom. The topological polar surface area (TPSA) is 116 Å². The molecule has 2 aromatic heterocycles. The molecule has 1 aliphatic heterocycles. The van der Waals surface area contributed by atoms with E-state index in [4.69, 9.17) is 21.1 Å². The van der Waals surface area contributed by atoms with Gasteiger partial charge in [0.2, 0.25) is 5.82 Å². The molecule has 0 bridgehead atoms. The molecule has 1 N–H and O–H groups in total. The number of rotatable bonds is 8. The number of carbonyl (C=O) groups excluding carboxylic acids is 3. The van der Waals surface area contributed by atoms with Crippen molar-refractivity contribution in [3.05, 3.63) is 57.4 Å². The number of esters is 1. The lowest BCUT2D eigenvalue weighted by molar-refractivity contribution is -0.146. The summed E-state index contributed by atoms with van der Waals surface area (Å²) in [6.07, 6.45) is 3.00. The first-order valence-corrected chi connectivity index (χ1v) is 13.5. The molecule has 202 valence electrons. The zero-order valence-electron chi connectivity index (χ0n) is 21.7. The van der Waals surface area contributed by atoms with Crippen molar-refractivity contribution in [2.45, 2.75) is 45.1 Å². The summed E-state index contributed by atoms with van der Waals surface area (Å²) in [7, 11) is 1.65. The molecule has 4 rings (SSSR count). The van der Waals surface area contributed by atoms with Gasteiger partial charge in [0.1, 0.15) is 11.4 Å². The lowest BCUT2D eigenvalue weighted by atomic mass is 9.96. The maximum atomic E-state index is 13.2. The zero-order valence-corrected chi connectivity index (χ0v) is 23.3. The number of aryl methyl sites for hydroxylation is 1. The number of carbonyl (C=O) groups is 3. The minimum absolute atomic E-state index is 0.0999. The number of ether oxygens (including phenoxy) is 2. The van der Waals surface area contributed by atoms with E-state index in [2.05, 4.69) is 15.3 Å². The Kier molecular flexibility index (Phi) is 8.37. The number of hydrogen-bond acceptors (Lipinski definition) is 8. The van der Waals surface area contributed by atoms with Gasteiger partial charge in [0.15, 0.2) is 11.4 Å². The van der Waals surface area contributed by atoms with Crippen molar-refractivity contribution in [3.63, 3.8) is 0 Å². The van der Waals surface area contributed by atoms with Gasteiger partial charge in [0.05, 0.1) is 16.6 Å². The third-order valence-corrected chi connectivity index (χ3v) is 7.50. The highest BCUT2D eigenvalue weighted by molar-refractivity contribution is 7.10. The average molecular weight is 560 g/mol. The molecule has 12 heteroatoms. The van der Waals surface area contributed by atoms with E-state index < -0.39 is 17.5 Å². The van der Waals surface area contributed by atoms with E-state index in [1.54, 1.807) is 56.4 Å². The molecule has 0 atom stereocenters. The summed E-state index contributed by atoms with van der Waals surface area (Å²) in [5.74, 6) is -0.122. The Bertz CT molecular complexity index is 1330. The quantitative estimate of drug-likeness (QED) is 0.403. The van der Waals surface area contributed by atoms with Gasteiger partial charge in [-0.15, -0.1) is 11.3 Å². The summed E-state index contributed by atoms with van der Waals surface area (Å²) >= 11 is 7.62. The Balaban J connectivity index is 1.33. The summed E-state index contributed by atoms with van der Waals surface area (Å²) in [6, 6.07) is 7.09. The van der Waals surface area contributed by atoms with E-state index in [-0.39, 0.29) is 35.8 Å². The number of thiazole rings is 1. The van der Waals surface area contributed by atoms with E-state index in [9.17, 15) is 14.4 Å². The molecular formula is C26H30ClN5O5S. The molecule has 0 radical (unpaired) electrons. The Morgan fingerprint density at radius 3 is 2.58 bits per heavy atom. The van der Waals surface area contributed by atoms with Gasteiger partial charge in [0.25, 0.3) is 11.8 Å². The van der Waals surface area contributed by atoms with Crippen molar-refractivity contribution in [1.29, 1.82) is 0 Å². The fraction of sp³-hybridized carbons (Fsp3) is 0.423. The van der Waals surface area contributed by atoms with Crippen LogP contribution >= 0.6 is 22.9 Å².